The van der Waals surface area contributed by atoms with Gasteiger partial charge in [0.05, 0.1) is 11.4 Å². The molecule has 0 heterocycles. The molecule has 0 aliphatic heterocycles. The van der Waals surface area contributed by atoms with Crippen LogP contribution >= 0.6 is 0 Å². The summed E-state index contributed by atoms with van der Waals surface area (Å²) in [5, 5.41) is 5.85. The third-order valence-corrected chi connectivity index (χ3v) is 3.18. The fraction of sp³-hybridized carbons (Fsp3) is 0.188. The Morgan fingerprint density at radius 3 is 2.52 bits per heavy atom. The molecule has 0 spiro atoms. The topological polar surface area (TPSA) is 70.4 Å². The highest BCUT2D eigenvalue weighted by Crippen LogP contribution is 2.26. The van der Waals surface area contributed by atoms with Crippen LogP contribution in [0.3, 0.4) is 0 Å². The van der Waals surface area contributed by atoms with Crippen LogP contribution in [0.25, 0.3) is 0 Å². The van der Waals surface area contributed by atoms with Crippen LogP contribution in [0.15, 0.2) is 42.5 Å². The number of rotatable bonds is 4. The first-order valence-corrected chi connectivity index (χ1v) is 6.67. The highest BCUT2D eigenvalue weighted by molar-refractivity contribution is 5.96. The largest absolute Gasteiger partial charge is 0.397 e. The predicted octanol–water partition coefficient (Wildman–Crippen LogP) is 2.44. The minimum atomic E-state index is -0.150. The van der Waals surface area contributed by atoms with Gasteiger partial charge in [0.1, 0.15) is 0 Å². The van der Waals surface area contributed by atoms with Crippen LogP contribution in [0.2, 0.25) is 0 Å². The van der Waals surface area contributed by atoms with E-state index in [0.717, 1.165) is 17.1 Å². The van der Waals surface area contributed by atoms with Gasteiger partial charge in [-0.05, 0) is 36.4 Å². The van der Waals surface area contributed by atoms with Gasteiger partial charge in [-0.2, -0.15) is 0 Å². The third-order valence-electron chi connectivity index (χ3n) is 3.18. The van der Waals surface area contributed by atoms with E-state index in [0.29, 0.717) is 11.3 Å². The number of hydrogen-bond acceptors (Lipinski definition) is 4. The molecule has 0 aliphatic carbocycles. The monoisotopic (exact) mass is 284 g/mol. The highest BCUT2D eigenvalue weighted by atomic mass is 16.1. The zero-order valence-corrected chi connectivity index (χ0v) is 12.5. The number of nitrogens with zero attached hydrogens (tertiary/aromatic N) is 1. The molecule has 0 aliphatic rings. The second-order valence-corrected chi connectivity index (χ2v) is 4.95. The molecule has 0 bridgehead atoms. The molecule has 0 radical (unpaired) electrons. The average molecular weight is 284 g/mol. The van der Waals surface area contributed by atoms with Gasteiger partial charge < -0.3 is 21.3 Å². The molecule has 0 saturated heterocycles. The van der Waals surface area contributed by atoms with Crippen LogP contribution < -0.4 is 21.3 Å². The molecule has 2 aromatic rings. The van der Waals surface area contributed by atoms with Gasteiger partial charge in [-0.15, -0.1) is 0 Å². The molecule has 0 unspecified atom stereocenters. The molecule has 21 heavy (non-hydrogen) atoms. The van der Waals surface area contributed by atoms with E-state index in [2.05, 4.69) is 10.6 Å². The molecule has 5 nitrogen and oxygen atoms in total. The third kappa shape index (κ3) is 3.45. The van der Waals surface area contributed by atoms with E-state index in [4.69, 9.17) is 5.73 Å². The second-order valence-electron chi connectivity index (χ2n) is 4.95. The number of nitrogen functional groups attached to an aromatic ring is 1. The highest BCUT2D eigenvalue weighted by Gasteiger charge is 2.07. The van der Waals surface area contributed by atoms with Gasteiger partial charge in [-0.25, -0.2) is 0 Å². The maximum atomic E-state index is 11.6. The SMILES string of the molecule is CNC(=O)c1ccc(Nc2cccc(N(C)C)c2)c(N)c1. The van der Waals surface area contributed by atoms with Crippen molar-refractivity contribution in [2.75, 3.05) is 37.1 Å². The summed E-state index contributed by atoms with van der Waals surface area (Å²) < 4.78 is 0. The number of anilines is 4. The number of benzene rings is 2. The van der Waals surface area contributed by atoms with Gasteiger partial charge in [-0.3, -0.25) is 4.79 Å². The average Bonchev–Trinajstić information content (AvgIpc) is 2.48. The molecule has 110 valence electrons. The number of nitrogens with one attached hydrogen (secondary N) is 2. The Kier molecular flexibility index (Phi) is 4.33. The molecule has 0 aromatic heterocycles. The van der Waals surface area contributed by atoms with Crippen molar-refractivity contribution in [1.29, 1.82) is 0 Å². The Hall–Kier alpha value is -2.69. The fourth-order valence-electron chi connectivity index (χ4n) is 1.98. The van der Waals surface area contributed by atoms with Gasteiger partial charge in [0.2, 0.25) is 0 Å². The van der Waals surface area contributed by atoms with Gasteiger partial charge in [0, 0.05) is 38.1 Å². The van der Waals surface area contributed by atoms with Crippen molar-refractivity contribution in [2.45, 2.75) is 0 Å². The van der Waals surface area contributed by atoms with Crippen molar-refractivity contribution < 1.29 is 4.79 Å². The second kappa shape index (κ2) is 6.17. The first-order valence-electron chi connectivity index (χ1n) is 6.67. The first kappa shape index (κ1) is 14.7. The lowest BCUT2D eigenvalue weighted by Gasteiger charge is -2.15. The number of hydrogen-bond donors (Lipinski definition) is 3. The van der Waals surface area contributed by atoms with Crippen LogP contribution in [-0.2, 0) is 0 Å². The molecule has 2 aromatic carbocycles. The molecule has 4 N–H and O–H groups in total. The normalized spacial score (nSPS) is 10.0. The summed E-state index contributed by atoms with van der Waals surface area (Å²) >= 11 is 0. The van der Waals surface area contributed by atoms with Crippen LogP contribution in [0, 0.1) is 0 Å². The minimum absolute atomic E-state index is 0.150. The number of carbonyl (C=O) groups excluding carboxylic acids is 1. The molecule has 0 fully saturated rings. The number of nitrogens with two attached hydrogens (primary N) is 1. The van der Waals surface area contributed by atoms with E-state index >= 15 is 0 Å². The van der Waals surface area contributed by atoms with Crippen molar-refractivity contribution >= 4 is 28.7 Å². The molecule has 2 rings (SSSR count). The van der Waals surface area contributed by atoms with Crippen LogP contribution in [-0.4, -0.2) is 27.1 Å². The lowest BCUT2D eigenvalue weighted by molar-refractivity contribution is 0.0963. The van der Waals surface area contributed by atoms with E-state index in [-0.39, 0.29) is 5.91 Å². The van der Waals surface area contributed by atoms with E-state index in [1.807, 2.05) is 49.3 Å². The van der Waals surface area contributed by atoms with Gasteiger partial charge in [0.25, 0.3) is 5.91 Å². The summed E-state index contributed by atoms with van der Waals surface area (Å²) in [7, 11) is 5.58. The van der Waals surface area contributed by atoms with Gasteiger partial charge in [0.15, 0.2) is 0 Å². The standard InChI is InChI=1S/C16H20N4O/c1-18-16(21)11-7-8-15(14(17)9-11)19-12-5-4-6-13(10-12)20(2)3/h4-10,19H,17H2,1-3H3,(H,18,21). The maximum Gasteiger partial charge on any atom is 0.251 e. The van der Waals surface area contributed by atoms with E-state index in [1.54, 1.807) is 19.2 Å². The van der Waals surface area contributed by atoms with E-state index in [9.17, 15) is 4.79 Å². The van der Waals surface area contributed by atoms with Crippen molar-refractivity contribution in [2.24, 2.45) is 0 Å². The summed E-state index contributed by atoms with van der Waals surface area (Å²) in [6.07, 6.45) is 0. The summed E-state index contributed by atoms with van der Waals surface area (Å²) in [4.78, 5) is 13.6. The van der Waals surface area contributed by atoms with Crippen LogP contribution in [0.1, 0.15) is 10.4 Å². The zero-order valence-electron chi connectivity index (χ0n) is 12.5. The Balaban J connectivity index is 2.24. The first-order chi connectivity index (χ1) is 10.0. The lowest BCUT2D eigenvalue weighted by atomic mass is 10.1. The Bertz CT molecular complexity index is 652. The van der Waals surface area contributed by atoms with Crippen LogP contribution in [0.4, 0.5) is 22.7 Å². The van der Waals surface area contributed by atoms with Crippen LogP contribution in [0.5, 0.6) is 0 Å². The Morgan fingerprint density at radius 2 is 1.90 bits per heavy atom. The fourth-order valence-corrected chi connectivity index (χ4v) is 1.98. The molecule has 0 atom stereocenters. The molecule has 5 heteroatoms. The van der Waals surface area contributed by atoms with Crippen molar-refractivity contribution in [3.8, 4) is 0 Å². The van der Waals surface area contributed by atoms with Crippen molar-refractivity contribution in [3.05, 3.63) is 48.0 Å². The predicted molar refractivity (Wildman–Crippen MR) is 88.3 cm³/mol. The molecular formula is C16H20N4O. The van der Waals surface area contributed by atoms with Crippen molar-refractivity contribution in [1.82, 2.24) is 5.32 Å². The Labute approximate surface area is 124 Å². The summed E-state index contributed by atoms with van der Waals surface area (Å²) in [5.41, 5.74) is 9.90. The Morgan fingerprint density at radius 1 is 1.14 bits per heavy atom. The zero-order chi connectivity index (χ0) is 15.4. The smallest absolute Gasteiger partial charge is 0.251 e. The van der Waals surface area contributed by atoms with E-state index in [1.165, 1.54) is 0 Å². The van der Waals surface area contributed by atoms with Gasteiger partial charge in [-0.1, -0.05) is 6.07 Å². The van der Waals surface area contributed by atoms with Crippen molar-refractivity contribution in [3.63, 3.8) is 0 Å². The summed E-state index contributed by atoms with van der Waals surface area (Å²) in [6, 6.07) is 13.2. The number of carbonyl (C=O) groups is 1. The summed E-state index contributed by atoms with van der Waals surface area (Å²) in [6.45, 7) is 0. The quantitative estimate of drug-likeness (QED) is 0.754. The minimum Gasteiger partial charge on any atom is -0.397 e. The molecule has 1 amide bonds. The maximum absolute atomic E-state index is 11.6. The lowest BCUT2D eigenvalue weighted by Crippen LogP contribution is -2.18. The van der Waals surface area contributed by atoms with E-state index < -0.39 is 0 Å². The molecular weight excluding hydrogens is 264 g/mol. The summed E-state index contributed by atoms with van der Waals surface area (Å²) in [5.74, 6) is -0.150. The number of amides is 1. The van der Waals surface area contributed by atoms with Gasteiger partial charge >= 0.3 is 0 Å². The molecule has 0 saturated carbocycles.